The number of rotatable bonds is 2. The molecule has 0 saturated carbocycles. The highest BCUT2D eigenvalue weighted by Crippen LogP contribution is 2.21. The molecule has 0 aliphatic carbocycles. The molecule has 0 amide bonds. The van der Waals surface area contributed by atoms with Gasteiger partial charge in [0.05, 0.1) is 11.1 Å². The Kier molecular flexibility index (Phi) is 3.50. The maximum Gasteiger partial charge on any atom is 0.172 e. The van der Waals surface area contributed by atoms with Gasteiger partial charge in [0.2, 0.25) is 0 Å². The molecule has 2 N–H and O–H groups in total. The van der Waals surface area contributed by atoms with Crippen LogP contribution in [-0.4, -0.2) is 9.97 Å². The van der Waals surface area contributed by atoms with Crippen LogP contribution < -0.4 is 5.73 Å². The van der Waals surface area contributed by atoms with Crippen molar-refractivity contribution in [2.75, 3.05) is 5.73 Å². The molecule has 106 valence electrons. The fourth-order valence-corrected chi connectivity index (χ4v) is 2.13. The lowest BCUT2D eigenvalue weighted by Crippen LogP contribution is -2.00. The van der Waals surface area contributed by atoms with Gasteiger partial charge in [0, 0.05) is 5.39 Å². The molecule has 5 heteroatoms. The van der Waals surface area contributed by atoms with Crippen molar-refractivity contribution in [2.45, 2.75) is 0 Å². The molecule has 0 atom stereocenters. The van der Waals surface area contributed by atoms with E-state index in [0.717, 1.165) is 5.39 Å². The third-order valence-corrected chi connectivity index (χ3v) is 3.15. The van der Waals surface area contributed by atoms with E-state index >= 15 is 0 Å². The number of anilines is 1. The second-order valence-electron chi connectivity index (χ2n) is 4.67. The molecule has 2 aromatic carbocycles. The van der Waals surface area contributed by atoms with E-state index in [4.69, 9.17) is 5.73 Å². The van der Waals surface area contributed by atoms with Crippen LogP contribution in [0.2, 0.25) is 0 Å². The Morgan fingerprint density at radius 2 is 1.95 bits per heavy atom. The predicted molar refractivity (Wildman–Crippen MR) is 83.8 cm³/mol. The van der Waals surface area contributed by atoms with Crippen molar-refractivity contribution in [3.05, 3.63) is 65.7 Å². The maximum absolute atomic E-state index is 13.2. The molecule has 1 aromatic heterocycles. The van der Waals surface area contributed by atoms with Crippen LogP contribution in [0.4, 0.5) is 10.2 Å². The first-order chi connectivity index (χ1) is 10.7. The van der Waals surface area contributed by atoms with Gasteiger partial charge < -0.3 is 5.73 Å². The number of benzene rings is 2. The Hall–Kier alpha value is -3.26. The van der Waals surface area contributed by atoms with Crippen LogP contribution in [0.15, 0.2) is 48.5 Å². The molecule has 4 nitrogen and oxygen atoms in total. The van der Waals surface area contributed by atoms with E-state index in [0.29, 0.717) is 16.9 Å². The van der Waals surface area contributed by atoms with Crippen molar-refractivity contribution in [2.24, 2.45) is 0 Å². The molecule has 0 unspecified atom stereocenters. The molecule has 22 heavy (non-hydrogen) atoms. The van der Waals surface area contributed by atoms with E-state index < -0.39 is 0 Å². The van der Waals surface area contributed by atoms with E-state index in [1.54, 1.807) is 18.2 Å². The summed E-state index contributed by atoms with van der Waals surface area (Å²) < 4.78 is 13.2. The number of nitriles is 1. The van der Waals surface area contributed by atoms with E-state index in [-0.39, 0.29) is 17.2 Å². The first-order valence-corrected chi connectivity index (χ1v) is 6.57. The van der Waals surface area contributed by atoms with E-state index in [1.165, 1.54) is 18.2 Å². The summed E-state index contributed by atoms with van der Waals surface area (Å²) >= 11 is 0. The third-order valence-electron chi connectivity index (χ3n) is 3.15. The molecule has 0 radical (unpaired) electrons. The topological polar surface area (TPSA) is 75.6 Å². The van der Waals surface area contributed by atoms with Crippen molar-refractivity contribution in [3.63, 3.8) is 0 Å². The molecule has 3 rings (SSSR count). The molecule has 1 heterocycles. The minimum absolute atomic E-state index is 0.225. The monoisotopic (exact) mass is 290 g/mol. The molecule has 0 aliphatic heterocycles. The number of aromatic nitrogens is 2. The molecular formula is C17H11FN4. The molecule has 0 bridgehead atoms. The lowest BCUT2D eigenvalue weighted by Gasteiger charge is -2.04. The van der Waals surface area contributed by atoms with Gasteiger partial charge in [-0.1, -0.05) is 24.3 Å². The summed E-state index contributed by atoms with van der Waals surface area (Å²) in [5.74, 6) is 0.161. The Bertz CT molecular complexity index is 925. The van der Waals surface area contributed by atoms with Gasteiger partial charge in [0.25, 0.3) is 0 Å². The van der Waals surface area contributed by atoms with Crippen LogP contribution >= 0.6 is 0 Å². The summed E-state index contributed by atoms with van der Waals surface area (Å²) in [5.41, 5.74) is 7.36. The number of hydrogen-bond acceptors (Lipinski definition) is 4. The second-order valence-corrected chi connectivity index (χ2v) is 4.67. The molecule has 0 saturated heterocycles. The summed E-state index contributed by atoms with van der Waals surface area (Å²) in [6.07, 6.45) is 1.53. The summed E-state index contributed by atoms with van der Waals surface area (Å²) in [6, 6.07) is 15.3. The van der Waals surface area contributed by atoms with Gasteiger partial charge in [-0.2, -0.15) is 5.26 Å². The summed E-state index contributed by atoms with van der Waals surface area (Å²) in [7, 11) is 0. The van der Waals surface area contributed by atoms with Gasteiger partial charge >= 0.3 is 0 Å². The number of nitrogen functional groups attached to an aromatic ring is 1. The zero-order valence-corrected chi connectivity index (χ0v) is 11.5. The van der Waals surface area contributed by atoms with Gasteiger partial charge in [-0.05, 0) is 35.9 Å². The van der Waals surface area contributed by atoms with Crippen LogP contribution in [-0.2, 0) is 0 Å². The second kappa shape index (κ2) is 5.62. The van der Waals surface area contributed by atoms with Crippen molar-refractivity contribution < 1.29 is 4.39 Å². The van der Waals surface area contributed by atoms with Crippen molar-refractivity contribution in [1.29, 1.82) is 5.26 Å². The summed E-state index contributed by atoms with van der Waals surface area (Å²) in [5, 5.41) is 10.1. The average molecular weight is 290 g/mol. The Labute approximate surface area is 126 Å². The van der Waals surface area contributed by atoms with E-state index in [9.17, 15) is 9.65 Å². The van der Waals surface area contributed by atoms with Gasteiger partial charge in [-0.3, -0.25) is 0 Å². The van der Waals surface area contributed by atoms with Crippen molar-refractivity contribution >= 4 is 28.4 Å². The van der Waals surface area contributed by atoms with Crippen molar-refractivity contribution in [1.82, 2.24) is 9.97 Å². The smallest absolute Gasteiger partial charge is 0.172 e. The maximum atomic E-state index is 13.2. The van der Waals surface area contributed by atoms with Crippen LogP contribution in [0.3, 0.4) is 0 Å². The van der Waals surface area contributed by atoms with Gasteiger partial charge in [-0.25, -0.2) is 14.4 Å². The zero-order valence-electron chi connectivity index (χ0n) is 11.5. The highest BCUT2D eigenvalue weighted by atomic mass is 19.1. The number of allylic oxidation sites excluding steroid dienone is 1. The number of fused-ring (bicyclic) bond motifs is 1. The number of nitrogens with zero attached hydrogens (tertiary/aromatic N) is 3. The molecular weight excluding hydrogens is 279 g/mol. The Morgan fingerprint density at radius 3 is 2.73 bits per heavy atom. The Morgan fingerprint density at radius 1 is 1.14 bits per heavy atom. The quantitative estimate of drug-likeness (QED) is 0.734. The molecule has 0 aliphatic rings. The van der Waals surface area contributed by atoms with E-state index in [1.807, 2.05) is 24.3 Å². The predicted octanol–water partition coefficient (Wildman–Crippen LogP) is 3.42. The lowest BCUT2D eigenvalue weighted by molar-refractivity contribution is 0.627. The number of para-hydroxylation sites is 1. The molecule has 0 spiro atoms. The van der Waals surface area contributed by atoms with Gasteiger partial charge in [0.1, 0.15) is 17.7 Å². The summed E-state index contributed by atoms with van der Waals surface area (Å²) in [4.78, 5) is 8.52. The summed E-state index contributed by atoms with van der Waals surface area (Å²) in [6.45, 7) is 0. The minimum Gasteiger partial charge on any atom is -0.383 e. The Balaban J connectivity index is 2.14. The lowest BCUT2D eigenvalue weighted by atomic mass is 10.1. The average Bonchev–Trinajstić information content (AvgIpc) is 2.52. The van der Waals surface area contributed by atoms with Crippen LogP contribution in [0.25, 0.3) is 22.6 Å². The first-order valence-electron chi connectivity index (χ1n) is 6.57. The van der Waals surface area contributed by atoms with Crippen LogP contribution in [0.1, 0.15) is 11.4 Å². The fraction of sp³-hybridized carbons (Fsp3) is 0. The van der Waals surface area contributed by atoms with Crippen LogP contribution in [0.5, 0.6) is 0 Å². The molecule has 0 fully saturated rings. The fourth-order valence-electron chi connectivity index (χ4n) is 2.13. The SMILES string of the molecule is N#C/C(=C/c1cccc(F)c1)c1nc(N)c2ccccc2n1. The zero-order chi connectivity index (χ0) is 15.5. The normalized spacial score (nSPS) is 11.4. The van der Waals surface area contributed by atoms with Crippen LogP contribution in [0, 0.1) is 17.1 Å². The largest absolute Gasteiger partial charge is 0.383 e. The standard InChI is InChI=1S/C17H11FN4/c18-13-5-3-4-11(9-13)8-12(10-19)17-21-15-7-2-1-6-14(15)16(20)22-17/h1-9H,(H2,20,21,22)/b12-8-. The third kappa shape index (κ3) is 2.63. The highest BCUT2D eigenvalue weighted by Gasteiger charge is 2.09. The van der Waals surface area contributed by atoms with E-state index in [2.05, 4.69) is 9.97 Å². The number of hydrogen-bond donors (Lipinski definition) is 1. The highest BCUT2D eigenvalue weighted by molar-refractivity contribution is 5.92. The number of nitrogens with two attached hydrogens (primary N) is 1. The first kappa shape index (κ1) is 13.7. The van der Waals surface area contributed by atoms with Gasteiger partial charge in [0.15, 0.2) is 5.82 Å². The molecule has 3 aromatic rings. The minimum atomic E-state index is -0.370. The van der Waals surface area contributed by atoms with Gasteiger partial charge in [-0.15, -0.1) is 0 Å². The number of halogens is 1. The van der Waals surface area contributed by atoms with Crippen molar-refractivity contribution in [3.8, 4) is 6.07 Å².